The summed E-state index contributed by atoms with van der Waals surface area (Å²) >= 11 is 0. The summed E-state index contributed by atoms with van der Waals surface area (Å²) in [7, 11) is 0. The number of cyclic esters (lactones) is 2. The number of carbonyl (C=O) groups excluding carboxylic acids is 3. The topological polar surface area (TPSA) is 83.5 Å². The van der Waals surface area contributed by atoms with Crippen molar-refractivity contribution in [3.05, 3.63) is 0 Å². The molecule has 5 aliphatic carbocycles. The summed E-state index contributed by atoms with van der Waals surface area (Å²) in [5.74, 6) is -0.689. The van der Waals surface area contributed by atoms with E-state index >= 15 is 0 Å². The van der Waals surface area contributed by atoms with Gasteiger partial charge in [-0.05, 0) is 78.9 Å². The van der Waals surface area contributed by atoms with Crippen molar-refractivity contribution in [3.8, 4) is 0 Å². The van der Waals surface area contributed by atoms with Crippen molar-refractivity contribution in [3.63, 3.8) is 0 Å². The molecule has 5 nitrogen and oxygen atoms in total. The number of carboxylic acids is 1. The molecule has 2 bridgehead atoms. The predicted octanol–water partition coefficient (Wildman–Crippen LogP) is -0.0390. The maximum absolute atomic E-state index is 12.9. The normalized spacial score (nSPS) is 51.5. The van der Waals surface area contributed by atoms with Gasteiger partial charge in [-0.1, -0.05) is 34.1 Å². The van der Waals surface area contributed by atoms with E-state index in [1.807, 2.05) is 6.92 Å². The van der Waals surface area contributed by atoms with Crippen molar-refractivity contribution < 1.29 is 53.8 Å². The monoisotopic (exact) mass is 424 g/mol. The van der Waals surface area contributed by atoms with E-state index in [4.69, 9.17) is 4.74 Å². The molecule has 1 saturated heterocycles. The number of carbonyl (C=O) groups is 3. The van der Waals surface area contributed by atoms with Crippen LogP contribution in [0.2, 0.25) is 0 Å². The minimum atomic E-state index is -0.918. The molecule has 6 rings (SSSR count). The molecule has 0 aromatic carbocycles. The van der Waals surface area contributed by atoms with E-state index in [-0.39, 0.29) is 81.9 Å². The van der Waals surface area contributed by atoms with Crippen LogP contribution in [0.4, 0.5) is 0 Å². The van der Waals surface area contributed by atoms with Gasteiger partial charge in [-0.15, -0.1) is 0 Å². The quantitative estimate of drug-likeness (QED) is 0.353. The summed E-state index contributed by atoms with van der Waals surface area (Å²) < 4.78 is 5.23. The van der Waals surface area contributed by atoms with Gasteiger partial charge in [0.2, 0.25) is 0 Å². The summed E-state index contributed by atoms with van der Waals surface area (Å²) in [4.78, 5) is 37.7. The van der Waals surface area contributed by atoms with E-state index in [1.54, 1.807) is 0 Å². The molecular formula is C24H33NaO5. The second-order valence-corrected chi connectivity index (χ2v) is 11.7. The fourth-order valence-corrected chi connectivity index (χ4v) is 9.42. The number of hydrogen-bond donors (Lipinski definition) is 0. The Morgan fingerprint density at radius 3 is 2.43 bits per heavy atom. The number of esters is 2. The van der Waals surface area contributed by atoms with Gasteiger partial charge in [-0.3, -0.25) is 9.59 Å². The molecule has 6 heteroatoms. The average Bonchev–Trinajstić information content (AvgIpc) is 2.97. The van der Waals surface area contributed by atoms with Crippen LogP contribution in [0.1, 0.15) is 72.6 Å². The Balaban J connectivity index is 0.00000218. The minimum Gasteiger partial charge on any atom is -0.550 e. The van der Waals surface area contributed by atoms with Gasteiger partial charge in [0.15, 0.2) is 0 Å². The third-order valence-electron chi connectivity index (χ3n) is 10.5. The molecule has 0 aromatic heterocycles. The maximum Gasteiger partial charge on any atom is 1.00 e. The van der Waals surface area contributed by atoms with Crippen molar-refractivity contribution in [1.82, 2.24) is 0 Å². The Bertz CT molecular complexity index is 794. The van der Waals surface area contributed by atoms with Crippen LogP contribution in [-0.4, -0.2) is 17.9 Å². The van der Waals surface area contributed by atoms with Crippen LogP contribution in [0.5, 0.6) is 0 Å². The number of aliphatic carboxylic acids is 1. The zero-order valence-electron chi connectivity index (χ0n) is 19.0. The molecule has 1 spiro atoms. The second kappa shape index (κ2) is 7.05. The zero-order valence-corrected chi connectivity index (χ0v) is 21.0. The predicted molar refractivity (Wildman–Crippen MR) is 103 cm³/mol. The molecule has 9 atom stereocenters. The molecule has 0 aromatic rings. The Morgan fingerprint density at radius 2 is 1.80 bits per heavy atom. The van der Waals surface area contributed by atoms with Crippen molar-refractivity contribution in [2.75, 3.05) is 0 Å². The van der Waals surface area contributed by atoms with E-state index in [0.717, 1.165) is 38.5 Å². The van der Waals surface area contributed by atoms with Crippen LogP contribution < -0.4 is 34.7 Å². The van der Waals surface area contributed by atoms with Crippen molar-refractivity contribution in [1.29, 1.82) is 0 Å². The minimum absolute atomic E-state index is 0. The van der Waals surface area contributed by atoms with Gasteiger partial charge in [-0.2, -0.15) is 0 Å². The molecule has 1 aliphatic heterocycles. The van der Waals surface area contributed by atoms with E-state index in [9.17, 15) is 19.5 Å². The van der Waals surface area contributed by atoms with Crippen LogP contribution in [0, 0.1) is 57.7 Å². The Kier molecular flexibility index (Phi) is 5.36. The smallest absolute Gasteiger partial charge is 0.550 e. The van der Waals surface area contributed by atoms with Gasteiger partial charge in [0, 0.05) is 11.4 Å². The average molecular weight is 425 g/mol. The Morgan fingerprint density at radius 1 is 1.10 bits per heavy atom. The van der Waals surface area contributed by atoms with E-state index < -0.39 is 11.4 Å². The van der Waals surface area contributed by atoms with Crippen molar-refractivity contribution >= 4 is 17.9 Å². The van der Waals surface area contributed by atoms with E-state index in [1.165, 1.54) is 0 Å². The number of carboxylic acid groups (broad SMARTS) is 1. The number of rotatable bonds is 2. The first kappa shape index (κ1) is 22.8. The number of ether oxygens (including phenoxy) is 1. The third-order valence-corrected chi connectivity index (χ3v) is 10.5. The third kappa shape index (κ3) is 2.61. The molecule has 0 amide bonds. The molecule has 0 radical (unpaired) electrons. The van der Waals surface area contributed by atoms with Gasteiger partial charge in [0.25, 0.3) is 0 Å². The molecule has 5 saturated carbocycles. The standard InChI is InChI=1S/C24H34O5.Na/c1-12(2)14-11-24-9-6-15-22(3,7-5-8-23(15,4)21(27)28)16(24)10-13(14)17-18(24)20(26)29-19(17)25;/h12-18H,5-11H2,1-4H3,(H,27,28);/q;+1/p-1. The molecule has 160 valence electrons. The largest absolute Gasteiger partial charge is 1.00 e. The van der Waals surface area contributed by atoms with Crippen LogP contribution in [0.25, 0.3) is 0 Å². The first-order valence-corrected chi connectivity index (χ1v) is 11.5. The van der Waals surface area contributed by atoms with Crippen molar-refractivity contribution in [2.24, 2.45) is 57.7 Å². The molecule has 6 fully saturated rings. The summed E-state index contributed by atoms with van der Waals surface area (Å²) in [5, 5.41) is 12.2. The number of hydrogen-bond acceptors (Lipinski definition) is 5. The fourth-order valence-electron chi connectivity index (χ4n) is 9.42. The molecule has 1 heterocycles. The van der Waals surface area contributed by atoms with Crippen LogP contribution in [0.15, 0.2) is 0 Å². The molecule has 0 N–H and O–H groups in total. The number of fused-ring (bicyclic) bond motifs is 2. The summed E-state index contributed by atoms with van der Waals surface area (Å²) in [6.45, 7) is 8.63. The molecule has 30 heavy (non-hydrogen) atoms. The van der Waals surface area contributed by atoms with Crippen molar-refractivity contribution in [2.45, 2.75) is 72.6 Å². The molecule has 6 aliphatic rings. The first-order valence-electron chi connectivity index (χ1n) is 11.5. The van der Waals surface area contributed by atoms with E-state index in [0.29, 0.717) is 18.3 Å². The molecular weight excluding hydrogens is 391 g/mol. The van der Waals surface area contributed by atoms with Crippen LogP contribution >= 0.6 is 0 Å². The van der Waals surface area contributed by atoms with Crippen LogP contribution in [-0.2, 0) is 19.1 Å². The summed E-state index contributed by atoms with van der Waals surface area (Å²) in [6, 6.07) is 0. The molecule has 9 unspecified atom stereocenters. The fraction of sp³-hybridized carbons (Fsp3) is 0.875. The van der Waals surface area contributed by atoms with Gasteiger partial charge < -0.3 is 14.6 Å². The van der Waals surface area contributed by atoms with Gasteiger partial charge >= 0.3 is 41.5 Å². The zero-order chi connectivity index (χ0) is 20.9. The Hall–Kier alpha value is -0.390. The second-order valence-electron chi connectivity index (χ2n) is 11.7. The van der Waals surface area contributed by atoms with Gasteiger partial charge in [0.1, 0.15) is 0 Å². The van der Waals surface area contributed by atoms with E-state index in [2.05, 4.69) is 20.8 Å². The van der Waals surface area contributed by atoms with Gasteiger partial charge in [0.05, 0.1) is 11.8 Å². The summed E-state index contributed by atoms with van der Waals surface area (Å²) in [6.07, 6.45) is 6.13. The van der Waals surface area contributed by atoms with Crippen LogP contribution in [0.3, 0.4) is 0 Å². The first-order chi connectivity index (χ1) is 13.6. The Labute approximate surface area is 201 Å². The summed E-state index contributed by atoms with van der Waals surface area (Å²) in [5.41, 5.74) is -1.14. The van der Waals surface area contributed by atoms with Gasteiger partial charge in [-0.25, -0.2) is 0 Å². The SMILES string of the molecule is CC(C)C1CC23CCC4C(C)(C(=O)[O-])CCCC4(C)C2CC1C1C(=O)OC(=O)C13.[Na+]. The maximum atomic E-state index is 12.9.